The second-order valence-corrected chi connectivity index (χ2v) is 6.80. The molecule has 0 spiro atoms. The highest BCUT2D eigenvalue weighted by molar-refractivity contribution is 6.52. The summed E-state index contributed by atoms with van der Waals surface area (Å²) in [6.07, 6.45) is 5.55. The molecule has 0 atom stereocenters. The smallest absolute Gasteiger partial charge is 0.283 e. The summed E-state index contributed by atoms with van der Waals surface area (Å²) in [4.78, 5) is 28.2. The van der Waals surface area contributed by atoms with Crippen LogP contribution in [-0.4, -0.2) is 29.8 Å². The van der Waals surface area contributed by atoms with Gasteiger partial charge in [0.05, 0.1) is 5.69 Å². The van der Waals surface area contributed by atoms with Gasteiger partial charge >= 0.3 is 0 Å². The van der Waals surface area contributed by atoms with E-state index in [4.69, 9.17) is 23.2 Å². The summed E-state index contributed by atoms with van der Waals surface area (Å²) in [6.45, 7) is 0. The highest BCUT2D eigenvalue weighted by Gasteiger charge is 2.41. The maximum absolute atomic E-state index is 12.8. The summed E-state index contributed by atoms with van der Waals surface area (Å²) in [5.41, 5.74) is 0.785. The van der Waals surface area contributed by atoms with Crippen LogP contribution in [0.3, 0.4) is 0 Å². The highest BCUT2D eigenvalue weighted by atomic mass is 35.5. The number of amides is 2. The van der Waals surface area contributed by atoms with Gasteiger partial charge in [-0.3, -0.25) is 9.59 Å². The molecule has 6 heteroatoms. The van der Waals surface area contributed by atoms with E-state index in [9.17, 15) is 9.59 Å². The zero-order chi connectivity index (χ0) is 16.6. The van der Waals surface area contributed by atoms with Crippen LogP contribution in [0.5, 0.6) is 0 Å². The SMILES string of the molecule is CN(C1=C(Cl)C(=O)N(c2ccc(Cl)cc2)C1=O)C1CCCCC1. The number of nitrogens with zero attached hydrogens (tertiary/aromatic N) is 2. The van der Waals surface area contributed by atoms with Crippen LogP contribution in [0.2, 0.25) is 5.02 Å². The second-order valence-electron chi connectivity index (χ2n) is 5.99. The first kappa shape index (κ1) is 16.3. The molecule has 0 saturated heterocycles. The Kier molecular flexibility index (Phi) is 4.64. The third kappa shape index (κ3) is 2.98. The van der Waals surface area contributed by atoms with Gasteiger partial charge in [0.15, 0.2) is 0 Å². The molecule has 0 bridgehead atoms. The maximum atomic E-state index is 12.8. The lowest BCUT2D eigenvalue weighted by Gasteiger charge is -2.33. The lowest BCUT2D eigenvalue weighted by Crippen LogP contribution is -2.38. The monoisotopic (exact) mass is 352 g/mol. The average molecular weight is 353 g/mol. The molecule has 1 aromatic carbocycles. The number of rotatable bonds is 3. The number of carbonyl (C=O) groups is 2. The lowest BCUT2D eigenvalue weighted by molar-refractivity contribution is -0.121. The average Bonchev–Trinajstić information content (AvgIpc) is 2.78. The molecule has 1 saturated carbocycles. The molecule has 2 amide bonds. The van der Waals surface area contributed by atoms with Crippen LogP contribution in [0.1, 0.15) is 32.1 Å². The van der Waals surface area contributed by atoms with Crippen molar-refractivity contribution in [1.82, 2.24) is 4.90 Å². The molecule has 0 N–H and O–H groups in total. The van der Waals surface area contributed by atoms with Gasteiger partial charge in [0.1, 0.15) is 10.7 Å². The third-order valence-electron chi connectivity index (χ3n) is 4.56. The van der Waals surface area contributed by atoms with E-state index in [1.54, 1.807) is 24.3 Å². The van der Waals surface area contributed by atoms with Gasteiger partial charge in [-0.1, -0.05) is 42.5 Å². The minimum atomic E-state index is -0.475. The first-order valence-electron chi connectivity index (χ1n) is 7.77. The molecule has 4 nitrogen and oxygen atoms in total. The molecule has 1 aliphatic heterocycles. The van der Waals surface area contributed by atoms with Crippen molar-refractivity contribution in [2.45, 2.75) is 38.1 Å². The molecular formula is C17H18Cl2N2O2. The van der Waals surface area contributed by atoms with E-state index in [0.29, 0.717) is 16.4 Å². The van der Waals surface area contributed by atoms with Crippen LogP contribution in [0.4, 0.5) is 5.69 Å². The van der Waals surface area contributed by atoms with Gasteiger partial charge in [-0.15, -0.1) is 0 Å². The van der Waals surface area contributed by atoms with Crippen LogP contribution in [0.15, 0.2) is 35.0 Å². The van der Waals surface area contributed by atoms with E-state index in [1.165, 1.54) is 6.42 Å². The molecule has 0 radical (unpaired) electrons. The van der Waals surface area contributed by atoms with Crippen molar-refractivity contribution >= 4 is 40.7 Å². The quantitative estimate of drug-likeness (QED) is 0.773. The number of benzene rings is 1. The van der Waals surface area contributed by atoms with E-state index in [2.05, 4.69) is 0 Å². The number of halogens is 2. The summed E-state index contributed by atoms with van der Waals surface area (Å²) in [5.74, 6) is -0.841. The van der Waals surface area contributed by atoms with Gasteiger partial charge in [0.2, 0.25) is 0 Å². The summed E-state index contributed by atoms with van der Waals surface area (Å²) in [7, 11) is 1.85. The Labute approximate surface area is 145 Å². The third-order valence-corrected chi connectivity index (χ3v) is 5.16. The number of hydrogen-bond donors (Lipinski definition) is 0. The Bertz CT molecular complexity index is 664. The summed E-state index contributed by atoms with van der Waals surface area (Å²) >= 11 is 12.1. The zero-order valence-corrected chi connectivity index (χ0v) is 14.4. The fourth-order valence-electron chi connectivity index (χ4n) is 3.27. The Morgan fingerprint density at radius 3 is 2.22 bits per heavy atom. The van der Waals surface area contributed by atoms with E-state index < -0.39 is 5.91 Å². The molecule has 2 aliphatic rings. The number of hydrogen-bond acceptors (Lipinski definition) is 3. The highest BCUT2D eigenvalue weighted by Crippen LogP contribution is 2.34. The normalized spacial score (nSPS) is 19.7. The van der Waals surface area contributed by atoms with E-state index in [1.807, 2.05) is 11.9 Å². The molecule has 122 valence electrons. The first-order valence-corrected chi connectivity index (χ1v) is 8.53. The summed E-state index contributed by atoms with van der Waals surface area (Å²) in [5, 5.41) is 0.546. The van der Waals surface area contributed by atoms with Gasteiger partial charge in [0, 0.05) is 18.1 Å². The van der Waals surface area contributed by atoms with Crippen molar-refractivity contribution in [1.29, 1.82) is 0 Å². The van der Waals surface area contributed by atoms with Gasteiger partial charge in [-0.05, 0) is 37.1 Å². The zero-order valence-electron chi connectivity index (χ0n) is 12.9. The molecule has 0 unspecified atom stereocenters. The van der Waals surface area contributed by atoms with Gasteiger partial charge < -0.3 is 4.90 Å². The molecule has 1 aliphatic carbocycles. The molecule has 0 aromatic heterocycles. The second kappa shape index (κ2) is 6.54. The van der Waals surface area contributed by atoms with Crippen LogP contribution in [0, 0.1) is 0 Å². The minimum absolute atomic E-state index is 0.00183. The van der Waals surface area contributed by atoms with Crippen molar-refractivity contribution < 1.29 is 9.59 Å². The number of likely N-dealkylation sites (N-methyl/N-ethyl adjacent to an activating group) is 1. The Hall–Kier alpha value is -1.52. The molecular weight excluding hydrogens is 335 g/mol. The predicted molar refractivity (Wildman–Crippen MR) is 91.5 cm³/mol. The van der Waals surface area contributed by atoms with Crippen molar-refractivity contribution in [3.05, 3.63) is 40.0 Å². The fourth-order valence-corrected chi connectivity index (χ4v) is 3.70. The summed E-state index contributed by atoms with van der Waals surface area (Å²) < 4.78 is 0. The molecule has 1 heterocycles. The van der Waals surface area contributed by atoms with Gasteiger partial charge in [-0.2, -0.15) is 0 Å². The van der Waals surface area contributed by atoms with E-state index in [0.717, 1.165) is 30.6 Å². The minimum Gasteiger partial charge on any atom is -0.366 e. The maximum Gasteiger partial charge on any atom is 0.283 e. The Balaban J connectivity index is 1.88. The summed E-state index contributed by atoms with van der Waals surface area (Å²) in [6, 6.07) is 6.84. The van der Waals surface area contributed by atoms with Crippen LogP contribution in [0.25, 0.3) is 0 Å². The topological polar surface area (TPSA) is 40.6 Å². The first-order chi connectivity index (χ1) is 11.0. The van der Waals surface area contributed by atoms with Crippen molar-refractivity contribution in [3.63, 3.8) is 0 Å². The molecule has 23 heavy (non-hydrogen) atoms. The molecule has 1 aromatic rings. The van der Waals surface area contributed by atoms with Crippen LogP contribution >= 0.6 is 23.2 Å². The fraction of sp³-hybridized carbons (Fsp3) is 0.412. The largest absolute Gasteiger partial charge is 0.366 e. The van der Waals surface area contributed by atoms with Crippen molar-refractivity contribution in [2.24, 2.45) is 0 Å². The molecule has 3 rings (SSSR count). The van der Waals surface area contributed by atoms with Crippen LogP contribution in [-0.2, 0) is 9.59 Å². The van der Waals surface area contributed by atoms with Gasteiger partial charge in [-0.25, -0.2) is 4.90 Å². The lowest BCUT2D eigenvalue weighted by atomic mass is 9.94. The van der Waals surface area contributed by atoms with E-state index in [-0.39, 0.29) is 17.0 Å². The Morgan fingerprint density at radius 1 is 1.00 bits per heavy atom. The van der Waals surface area contributed by atoms with Gasteiger partial charge in [0.25, 0.3) is 11.8 Å². The Morgan fingerprint density at radius 2 is 1.61 bits per heavy atom. The van der Waals surface area contributed by atoms with Crippen molar-refractivity contribution in [3.8, 4) is 0 Å². The number of carbonyl (C=O) groups excluding carboxylic acids is 2. The van der Waals surface area contributed by atoms with E-state index >= 15 is 0 Å². The van der Waals surface area contributed by atoms with Crippen molar-refractivity contribution in [2.75, 3.05) is 11.9 Å². The number of imide groups is 1. The molecule has 1 fully saturated rings. The number of anilines is 1. The van der Waals surface area contributed by atoms with Crippen LogP contribution < -0.4 is 4.90 Å². The predicted octanol–water partition coefficient (Wildman–Crippen LogP) is 3.93. The standard InChI is InChI=1S/C17H18Cl2N2O2/c1-20(12-5-3-2-4-6-12)15-14(19)16(22)21(17(15)23)13-9-7-11(18)8-10-13/h7-10,12H,2-6H2,1H3.